The number of hydrogen-bond acceptors (Lipinski definition) is 2. The van der Waals surface area contributed by atoms with Crippen molar-refractivity contribution in [2.75, 3.05) is 0 Å². The van der Waals surface area contributed by atoms with Gasteiger partial charge in [0.15, 0.2) is 5.78 Å². The minimum Gasteiger partial charge on any atom is -0.322 e. The number of fused-ring (bicyclic) bond motifs is 4. The molecule has 0 bridgehead atoms. The van der Waals surface area contributed by atoms with Crippen molar-refractivity contribution in [2.45, 2.75) is 12.5 Å². The Bertz CT molecular complexity index is 909. The smallest absolute Gasteiger partial charge is 0.168 e. The van der Waals surface area contributed by atoms with Crippen LogP contribution in [0.1, 0.15) is 27.5 Å². The lowest BCUT2D eigenvalue weighted by atomic mass is 9.89. The summed E-state index contributed by atoms with van der Waals surface area (Å²) in [7, 11) is 0. The number of imidazole rings is 1. The Kier molecular flexibility index (Phi) is 2.26. The van der Waals surface area contributed by atoms with Crippen LogP contribution < -0.4 is 0 Å². The van der Waals surface area contributed by atoms with Crippen LogP contribution in [0.4, 0.5) is 0 Å². The van der Waals surface area contributed by atoms with Crippen LogP contribution in [0.25, 0.3) is 11.3 Å². The van der Waals surface area contributed by atoms with Gasteiger partial charge in [-0.05, 0) is 17.5 Å². The predicted octanol–water partition coefficient (Wildman–Crippen LogP) is 3.51. The van der Waals surface area contributed by atoms with Crippen molar-refractivity contribution >= 4 is 5.78 Å². The number of benzene rings is 2. The fourth-order valence-electron chi connectivity index (χ4n) is 4.01. The molecule has 2 aromatic carbocycles. The maximum absolute atomic E-state index is 12.9. The van der Waals surface area contributed by atoms with Crippen molar-refractivity contribution < 1.29 is 4.79 Å². The zero-order valence-corrected chi connectivity index (χ0v) is 11.9. The van der Waals surface area contributed by atoms with E-state index in [4.69, 9.17) is 0 Å². The molecule has 0 saturated carbocycles. The molecule has 0 saturated heterocycles. The highest BCUT2D eigenvalue weighted by Gasteiger charge is 2.41. The molecule has 0 N–H and O–H groups in total. The Hall–Kier alpha value is -2.68. The second-order valence-electron chi connectivity index (χ2n) is 6.05. The average molecular weight is 286 g/mol. The number of carbonyl (C=O) groups is 1. The topological polar surface area (TPSA) is 34.9 Å². The monoisotopic (exact) mass is 286 g/mol. The van der Waals surface area contributed by atoms with Crippen LogP contribution in [0.2, 0.25) is 0 Å². The number of hydrogen-bond donors (Lipinski definition) is 0. The molecule has 1 aliphatic heterocycles. The number of rotatable bonds is 1. The van der Waals surface area contributed by atoms with Gasteiger partial charge >= 0.3 is 0 Å². The van der Waals surface area contributed by atoms with Gasteiger partial charge in [0.1, 0.15) is 0 Å². The Balaban J connectivity index is 1.68. The maximum atomic E-state index is 12.9. The van der Waals surface area contributed by atoms with E-state index >= 15 is 0 Å². The number of aromatic nitrogens is 2. The van der Waals surface area contributed by atoms with Gasteiger partial charge in [0, 0.05) is 11.1 Å². The lowest BCUT2D eigenvalue weighted by Gasteiger charge is -2.20. The van der Waals surface area contributed by atoms with Crippen LogP contribution in [-0.4, -0.2) is 15.3 Å². The van der Waals surface area contributed by atoms with E-state index in [9.17, 15) is 4.79 Å². The van der Waals surface area contributed by atoms with Crippen molar-refractivity contribution in [1.82, 2.24) is 9.55 Å². The molecule has 3 aromatic rings. The molecule has 2 unspecified atom stereocenters. The fourth-order valence-corrected chi connectivity index (χ4v) is 4.01. The molecule has 0 amide bonds. The molecule has 2 heterocycles. The summed E-state index contributed by atoms with van der Waals surface area (Å²) in [5, 5.41) is 0. The van der Waals surface area contributed by atoms with E-state index in [1.165, 1.54) is 16.7 Å². The van der Waals surface area contributed by atoms with Crippen molar-refractivity contribution in [3.8, 4) is 11.3 Å². The third-order valence-corrected chi connectivity index (χ3v) is 4.96. The van der Waals surface area contributed by atoms with Crippen LogP contribution in [0.3, 0.4) is 0 Å². The Labute approximate surface area is 128 Å². The van der Waals surface area contributed by atoms with Gasteiger partial charge in [-0.15, -0.1) is 0 Å². The molecular formula is C19H14N2O. The molecule has 5 rings (SSSR count). The van der Waals surface area contributed by atoms with Gasteiger partial charge in [0.2, 0.25) is 0 Å². The van der Waals surface area contributed by atoms with Crippen molar-refractivity contribution in [3.63, 3.8) is 0 Å². The van der Waals surface area contributed by atoms with Crippen molar-refractivity contribution in [1.29, 1.82) is 0 Å². The molecule has 0 spiro atoms. The second kappa shape index (κ2) is 4.17. The molecule has 0 fully saturated rings. The van der Waals surface area contributed by atoms with Crippen LogP contribution in [-0.2, 0) is 6.42 Å². The molecule has 2 aliphatic rings. The minimum absolute atomic E-state index is 0.0333. The van der Waals surface area contributed by atoms with Gasteiger partial charge in [0.25, 0.3) is 0 Å². The molecule has 22 heavy (non-hydrogen) atoms. The summed E-state index contributed by atoms with van der Waals surface area (Å²) in [5.41, 5.74) is 5.62. The van der Waals surface area contributed by atoms with Crippen molar-refractivity contribution in [3.05, 3.63) is 77.7 Å². The largest absolute Gasteiger partial charge is 0.322 e. The first-order chi connectivity index (χ1) is 10.8. The van der Waals surface area contributed by atoms with Gasteiger partial charge in [0.05, 0.1) is 30.2 Å². The van der Waals surface area contributed by atoms with Gasteiger partial charge in [-0.2, -0.15) is 0 Å². The zero-order chi connectivity index (χ0) is 14.7. The third kappa shape index (κ3) is 1.40. The summed E-state index contributed by atoms with van der Waals surface area (Å²) in [6, 6.07) is 16.4. The highest BCUT2D eigenvalue weighted by Crippen LogP contribution is 2.46. The predicted molar refractivity (Wildman–Crippen MR) is 83.8 cm³/mol. The summed E-state index contributed by atoms with van der Waals surface area (Å²) in [5.74, 6) is 0.228. The average Bonchev–Trinajstić information content (AvgIpc) is 3.21. The van der Waals surface area contributed by atoms with Crippen LogP contribution in [0.15, 0.2) is 61.1 Å². The molecule has 3 nitrogen and oxygen atoms in total. The van der Waals surface area contributed by atoms with E-state index in [1.807, 2.05) is 36.8 Å². The first-order valence-corrected chi connectivity index (χ1v) is 7.58. The third-order valence-electron chi connectivity index (χ3n) is 4.96. The SMILES string of the molecule is O=C1c2ccccc2CC1C1c2ccccc2-c2cncn21. The van der Waals surface area contributed by atoms with E-state index in [-0.39, 0.29) is 17.7 Å². The Morgan fingerprint density at radius 1 is 1.00 bits per heavy atom. The van der Waals surface area contributed by atoms with Gasteiger partial charge in [-0.3, -0.25) is 4.79 Å². The minimum atomic E-state index is -0.0333. The first-order valence-electron chi connectivity index (χ1n) is 7.58. The quantitative estimate of drug-likeness (QED) is 0.686. The molecule has 3 heteroatoms. The van der Waals surface area contributed by atoms with Crippen LogP contribution in [0.5, 0.6) is 0 Å². The first kappa shape index (κ1) is 11.9. The highest BCUT2D eigenvalue weighted by atomic mass is 16.1. The van der Waals surface area contributed by atoms with E-state index in [1.54, 1.807) is 0 Å². The van der Waals surface area contributed by atoms with E-state index < -0.39 is 0 Å². The molecule has 1 aromatic heterocycles. The summed E-state index contributed by atoms with van der Waals surface area (Å²) in [4.78, 5) is 17.2. The Morgan fingerprint density at radius 3 is 2.64 bits per heavy atom. The lowest BCUT2D eigenvalue weighted by Crippen LogP contribution is -2.22. The van der Waals surface area contributed by atoms with Gasteiger partial charge in [-0.25, -0.2) is 4.98 Å². The number of carbonyl (C=O) groups excluding carboxylic acids is 1. The van der Waals surface area contributed by atoms with E-state index in [2.05, 4.69) is 33.8 Å². The summed E-state index contributed by atoms with van der Waals surface area (Å²) in [6.45, 7) is 0. The molecule has 0 radical (unpaired) electrons. The number of ketones is 1. The Morgan fingerprint density at radius 2 is 1.77 bits per heavy atom. The number of nitrogens with zero attached hydrogens (tertiary/aromatic N) is 2. The fraction of sp³-hybridized carbons (Fsp3) is 0.158. The summed E-state index contributed by atoms with van der Waals surface area (Å²) >= 11 is 0. The van der Waals surface area contributed by atoms with E-state index in [0.29, 0.717) is 0 Å². The lowest BCUT2D eigenvalue weighted by molar-refractivity contribution is 0.0912. The number of Topliss-reactive ketones (excluding diaryl/α,β-unsaturated/α-hetero) is 1. The van der Waals surface area contributed by atoms with Crippen LogP contribution >= 0.6 is 0 Å². The summed E-state index contributed by atoms with van der Waals surface area (Å²) < 4.78 is 2.17. The van der Waals surface area contributed by atoms with Gasteiger partial charge < -0.3 is 4.57 Å². The maximum Gasteiger partial charge on any atom is 0.168 e. The molecule has 1 aliphatic carbocycles. The molecule has 2 atom stereocenters. The van der Waals surface area contributed by atoms with Crippen LogP contribution in [0, 0.1) is 5.92 Å². The van der Waals surface area contributed by atoms with Gasteiger partial charge in [-0.1, -0.05) is 48.5 Å². The zero-order valence-electron chi connectivity index (χ0n) is 11.9. The highest BCUT2D eigenvalue weighted by molar-refractivity contribution is 6.03. The van der Waals surface area contributed by atoms with Crippen molar-refractivity contribution in [2.24, 2.45) is 5.92 Å². The summed E-state index contributed by atoms with van der Waals surface area (Å²) in [6.07, 6.45) is 4.56. The second-order valence-corrected chi connectivity index (χ2v) is 6.05. The normalized spacial score (nSPS) is 21.5. The van der Waals surface area contributed by atoms with E-state index in [0.717, 1.165) is 17.7 Å². The standard InChI is InChI=1S/C19H14N2O/c22-19-13-6-2-1-5-12(13)9-16(19)18-15-8-4-3-7-14(15)17-10-20-11-21(17)18/h1-8,10-11,16,18H,9H2. The molecule has 106 valence electrons. The molecular weight excluding hydrogens is 272 g/mol.